The molecular formula is C14H22F3N5O2. The fourth-order valence-electron chi connectivity index (χ4n) is 3.75. The lowest BCUT2D eigenvalue weighted by atomic mass is 9.94. The Labute approximate surface area is 138 Å². The molecule has 1 saturated heterocycles. The van der Waals surface area contributed by atoms with Gasteiger partial charge in [-0.05, 0) is 23.3 Å². The van der Waals surface area contributed by atoms with E-state index in [0.29, 0.717) is 25.7 Å². The Morgan fingerprint density at radius 3 is 2.92 bits per heavy atom. The topological polar surface area (TPSA) is 65.3 Å². The number of methoxy groups -OCH3 is 1. The molecule has 2 heterocycles. The van der Waals surface area contributed by atoms with Crippen LogP contribution in [0.1, 0.15) is 25.1 Å². The predicted octanol–water partition coefficient (Wildman–Crippen LogP) is 1.25. The highest BCUT2D eigenvalue weighted by atomic mass is 19.4. The lowest BCUT2D eigenvalue weighted by Gasteiger charge is -2.40. The van der Waals surface area contributed by atoms with Crippen molar-refractivity contribution < 1.29 is 22.6 Å². The highest BCUT2D eigenvalue weighted by Crippen LogP contribution is 2.34. The Hall–Kier alpha value is -1.26. The van der Waals surface area contributed by atoms with Gasteiger partial charge in [0.05, 0.1) is 25.9 Å². The molecular weight excluding hydrogens is 327 g/mol. The van der Waals surface area contributed by atoms with E-state index in [-0.39, 0.29) is 24.5 Å². The normalized spacial score (nSPS) is 29.2. The molecule has 1 aromatic heterocycles. The summed E-state index contributed by atoms with van der Waals surface area (Å²) in [7, 11) is 1.71. The summed E-state index contributed by atoms with van der Waals surface area (Å²) < 4.78 is 49.9. The summed E-state index contributed by atoms with van der Waals surface area (Å²) in [5.74, 6) is 0.549. The van der Waals surface area contributed by atoms with Gasteiger partial charge < -0.3 is 9.47 Å². The van der Waals surface area contributed by atoms with Crippen LogP contribution >= 0.6 is 0 Å². The van der Waals surface area contributed by atoms with E-state index >= 15 is 0 Å². The first-order chi connectivity index (χ1) is 11.5. The first kappa shape index (κ1) is 17.6. The van der Waals surface area contributed by atoms with Gasteiger partial charge in [-0.15, -0.1) is 5.10 Å². The molecule has 0 radical (unpaired) electrons. The Bertz CT molecular complexity index is 539. The van der Waals surface area contributed by atoms with Gasteiger partial charge in [0.2, 0.25) is 0 Å². The van der Waals surface area contributed by atoms with Crippen LogP contribution in [0.25, 0.3) is 0 Å². The van der Waals surface area contributed by atoms with Crippen molar-refractivity contribution in [3.63, 3.8) is 0 Å². The van der Waals surface area contributed by atoms with E-state index in [4.69, 9.17) is 9.47 Å². The predicted molar refractivity (Wildman–Crippen MR) is 77.0 cm³/mol. The smallest absolute Gasteiger partial charge is 0.381 e. The molecule has 0 N–H and O–H groups in total. The molecule has 1 aliphatic carbocycles. The maximum atomic E-state index is 12.6. The van der Waals surface area contributed by atoms with E-state index in [1.165, 1.54) is 0 Å². The van der Waals surface area contributed by atoms with Gasteiger partial charge in [0.1, 0.15) is 6.54 Å². The molecule has 1 saturated carbocycles. The Morgan fingerprint density at radius 1 is 1.33 bits per heavy atom. The first-order valence-electron chi connectivity index (χ1n) is 8.14. The highest BCUT2D eigenvalue weighted by Gasteiger charge is 2.39. The molecule has 0 aromatic carbocycles. The van der Waals surface area contributed by atoms with Gasteiger partial charge in [-0.3, -0.25) is 4.90 Å². The maximum Gasteiger partial charge on any atom is 0.408 e. The maximum absolute atomic E-state index is 12.6. The summed E-state index contributed by atoms with van der Waals surface area (Å²) in [6, 6.07) is 0.113. The lowest BCUT2D eigenvalue weighted by Crippen LogP contribution is -2.51. The number of hydrogen-bond donors (Lipinski definition) is 0. The monoisotopic (exact) mass is 349 g/mol. The van der Waals surface area contributed by atoms with Crippen LogP contribution in [-0.4, -0.2) is 70.3 Å². The average Bonchev–Trinajstić information content (AvgIpc) is 3.16. The standard InChI is InChI=1S/C14H22F3N5O2/c1-23-12-4-2-3-10(12)11-8-24-6-5-21(11)7-13-18-19-20-22(13)9-14(15,16)17/h10-12H,2-9H2,1H3/t10-,11-,12+/m0/s1. The lowest BCUT2D eigenvalue weighted by molar-refractivity contribution is -0.143. The number of tetrazole rings is 1. The Morgan fingerprint density at radius 2 is 2.17 bits per heavy atom. The molecule has 10 heteroatoms. The van der Waals surface area contributed by atoms with E-state index in [0.717, 1.165) is 23.9 Å². The molecule has 2 fully saturated rings. The van der Waals surface area contributed by atoms with Crippen molar-refractivity contribution in [2.24, 2.45) is 5.92 Å². The Balaban J connectivity index is 1.72. The summed E-state index contributed by atoms with van der Waals surface area (Å²) in [6.45, 7) is 0.877. The second-order valence-corrected chi connectivity index (χ2v) is 6.35. The highest BCUT2D eigenvalue weighted by molar-refractivity contribution is 4.93. The van der Waals surface area contributed by atoms with Crippen LogP contribution in [0.2, 0.25) is 0 Å². The van der Waals surface area contributed by atoms with Crippen LogP contribution in [0, 0.1) is 5.92 Å². The third kappa shape index (κ3) is 4.04. The number of halogens is 3. The number of nitrogens with zero attached hydrogens (tertiary/aromatic N) is 5. The SMILES string of the molecule is CO[C@@H]1CCC[C@H]1[C@@H]1COCCN1Cc1nnnn1CC(F)(F)F. The summed E-state index contributed by atoms with van der Waals surface area (Å²) in [6.07, 6.45) is -1.03. The minimum atomic E-state index is -4.35. The van der Waals surface area contributed by atoms with Gasteiger partial charge in [-0.2, -0.15) is 13.2 Å². The number of alkyl halides is 3. The third-order valence-corrected chi connectivity index (χ3v) is 4.86. The zero-order valence-electron chi connectivity index (χ0n) is 13.6. The quantitative estimate of drug-likeness (QED) is 0.797. The van der Waals surface area contributed by atoms with Gasteiger partial charge in [0, 0.05) is 25.6 Å². The van der Waals surface area contributed by atoms with Crippen LogP contribution in [-0.2, 0) is 22.6 Å². The molecule has 3 rings (SSSR count). The van der Waals surface area contributed by atoms with Gasteiger partial charge >= 0.3 is 6.18 Å². The molecule has 1 aromatic rings. The van der Waals surface area contributed by atoms with Crippen molar-refractivity contribution in [1.82, 2.24) is 25.1 Å². The van der Waals surface area contributed by atoms with Crippen molar-refractivity contribution >= 4 is 0 Å². The molecule has 0 bridgehead atoms. The van der Waals surface area contributed by atoms with Crippen molar-refractivity contribution in [3.8, 4) is 0 Å². The van der Waals surface area contributed by atoms with Crippen LogP contribution in [0.3, 0.4) is 0 Å². The number of ether oxygens (including phenoxy) is 2. The molecule has 0 spiro atoms. The van der Waals surface area contributed by atoms with E-state index in [1.807, 2.05) is 0 Å². The van der Waals surface area contributed by atoms with E-state index in [9.17, 15) is 13.2 Å². The minimum Gasteiger partial charge on any atom is -0.381 e. The molecule has 3 atom stereocenters. The summed E-state index contributed by atoms with van der Waals surface area (Å²) in [5, 5.41) is 10.7. The molecule has 0 unspecified atom stereocenters. The fourth-order valence-corrected chi connectivity index (χ4v) is 3.75. The average molecular weight is 349 g/mol. The van der Waals surface area contributed by atoms with Crippen molar-refractivity contribution in [2.45, 2.75) is 50.7 Å². The summed E-state index contributed by atoms with van der Waals surface area (Å²) >= 11 is 0. The number of aromatic nitrogens is 4. The van der Waals surface area contributed by atoms with Gasteiger partial charge in [-0.25, -0.2) is 4.68 Å². The van der Waals surface area contributed by atoms with E-state index in [2.05, 4.69) is 20.4 Å². The van der Waals surface area contributed by atoms with Gasteiger partial charge in [-0.1, -0.05) is 6.42 Å². The van der Waals surface area contributed by atoms with Gasteiger partial charge in [0.15, 0.2) is 5.82 Å². The summed E-state index contributed by atoms with van der Waals surface area (Å²) in [4.78, 5) is 2.13. The van der Waals surface area contributed by atoms with E-state index < -0.39 is 12.7 Å². The third-order valence-electron chi connectivity index (χ3n) is 4.86. The number of rotatable bonds is 5. The number of hydrogen-bond acceptors (Lipinski definition) is 6. The van der Waals surface area contributed by atoms with Crippen LogP contribution in [0.15, 0.2) is 0 Å². The van der Waals surface area contributed by atoms with E-state index in [1.54, 1.807) is 7.11 Å². The first-order valence-corrected chi connectivity index (χ1v) is 8.14. The van der Waals surface area contributed by atoms with Crippen LogP contribution in [0.5, 0.6) is 0 Å². The van der Waals surface area contributed by atoms with Crippen LogP contribution < -0.4 is 0 Å². The zero-order valence-corrected chi connectivity index (χ0v) is 13.6. The largest absolute Gasteiger partial charge is 0.408 e. The molecule has 2 aliphatic rings. The number of morpholine rings is 1. The second-order valence-electron chi connectivity index (χ2n) is 6.35. The molecule has 7 nitrogen and oxygen atoms in total. The molecule has 24 heavy (non-hydrogen) atoms. The van der Waals surface area contributed by atoms with Crippen molar-refractivity contribution in [2.75, 3.05) is 26.9 Å². The minimum absolute atomic E-state index is 0.113. The second kappa shape index (κ2) is 7.32. The fraction of sp³-hybridized carbons (Fsp3) is 0.929. The zero-order chi connectivity index (χ0) is 17.2. The molecule has 1 aliphatic heterocycles. The Kier molecular flexibility index (Phi) is 5.36. The van der Waals surface area contributed by atoms with Crippen LogP contribution in [0.4, 0.5) is 13.2 Å². The van der Waals surface area contributed by atoms with Crippen molar-refractivity contribution in [1.29, 1.82) is 0 Å². The van der Waals surface area contributed by atoms with Gasteiger partial charge in [0.25, 0.3) is 0 Å². The van der Waals surface area contributed by atoms with Crippen molar-refractivity contribution in [3.05, 3.63) is 5.82 Å². The molecule has 0 amide bonds. The summed E-state index contributed by atoms with van der Waals surface area (Å²) in [5.41, 5.74) is 0. The molecule has 136 valence electrons.